The summed E-state index contributed by atoms with van der Waals surface area (Å²) in [6.45, 7) is 7.09. The summed E-state index contributed by atoms with van der Waals surface area (Å²) in [5, 5.41) is 2.88. The second-order valence-electron chi connectivity index (χ2n) is 5.93. The second kappa shape index (κ2) is 6.22. The number of fused-ring (bicyclic) bond motifs is 1. The smallest absolute Gasteiger partial charge is 0.272 e. The Hall–Kier alpha value is -3.85. The maximum atomic E-state index is 12.3. The summed E-state index contributed by atoms with van der Waals surface area (Å²) in [5.74, 6) is 0.572. The van der Waals surface area contributed by atoms with Crippen molar-refractivity contribution in [1.29, 1.82) is 0 Å². The Labute approximate surface area is 149 Å². The molecule has 2 aromatic heterocycles. The molecular weight excluding hydrogens is 326 g/mol. The van der Waals surface area contributed by atoms with Crippen molar-refractivity contribution in [1.82, 2.24) is 14.5 Å². The van der Waals surface area contributed by atoms with Gasteiger partial charge in [0.05, 0.1) is 17.6 Å². The summed E-state index contributed by atoms with van der Waals surface area (Å²) < 4.78 is 1.77. The van der Waals surface area contributed by atoms with Crippen molar-refractivity contribution >= 4 is 28.3 Å². The van der Waals surface area contributed by atoms with Crippen LogP contribution in [0.5, 0.6) is 0 Å². The third kappa shape index (κ3) is 2.82. The van der Waals surface area contributed by atoms with Gasteiger partial charge in [0, 0.05) is 24.5 Å². The van der Waals surface area contributed by atoms with Gasteiger partial charge in [0.1, 0.15) is 11.5 Å². The van der Waals surface area contributed by atoms with Crippen LogP contribution < -0.4 is 5.32 Å². The Morgan fingerprint density at radius 2 is 2.00 bits per heavy atom. The van der Waals surface area contributed by atoms with Gasteiger partial charge in [-0.2, -0.15) is 0 Å². The molecule has 6 nitrogen and oxygen atoms in total. The first-order valence-corrected chi connectivity index (χ1v) is 8.04. The normalized spacial score (nSPS) is 10.6. The Morgan fingerprint density at radius 1 is 1.19 bits per heavy atom. The van der Waals surface area contributed by atoms with Gasteiger partial charge in [0.15, 0.2) is 5.69 Å². The molecule has 0 saturated heterocycles. The number of rotatable bonds is 3. The zero-order valence-electron chi connectivity index (χ0n) is 14.0. The van der Waals surface area contributed by atoms with E-state index in [1.54, 1.807) is 22.8 Å². The van der Waals surface area contributed by atoms with Crippen molar-refractivity contribution in [2.75, 3.05) is 5.32 Å². The first kappa shape index (κ1) is 15.7. The van der Waals surface area contributed by atoms with E-state index in [9.17, 15) is 4.79 Å². The van der Waals surface area contributed by atoms with E-state index in [4.69, 9.17) is 6.57 Å². The van der Waals surface area contributed by atoms with Gasteiger partial charge < -0.3 is 14.9 Å². The van der Waals surface area contributed by atoms with E-state index >= 15 is 0 Å². The van der Waals surface area contributed by atoms with Crippen LogP contribution in [0, 0.1) is 6.57 Å². The molecule has 0 unspecified atom stereocenters. The largest absolute Gasteiger partial charge is 0.347 e. The molecule has 126 valence electrons. The second-order valence-corrected chi connectivity index (χ2v) is 5.93. The third-order valence-corrected chi connectivity index (χ3v) is 4.19. The van der Waals surface area contributed by atoms with Crippen molar-refractivity contribution in [2.24, 2.45) is 7.05 Å². The minimum Gasteiger partial charge on any atom is -0.347 e. The van der Waals surface area contributed by atoms with Crippen LogP contribution in [-0.2, 0) is 7.05 Å². The number of hydrogen-bond donors (Lipinski definition) is 2. The number of aromatic nitrogens is 3. The molecule has 2 N–H and O–H groups in total. The minimum absolute atomic E-state index is 0.152. The standard InChI is InChI=1S/C20H15N5O/c1-21-15-9-10-16-17(12-15)24-19(23-16)13-5-7-14(8-6-13)22-20(26)18-4-3-11-25(18)2/h3-12H,2H3,(H,22,26)(H,23,24). The summed E-state index contributed by atoms with van der Waals surface area (Å²) in [4.78, 5) is 23.5. The van der Waals surface area contributed by atoms with Crippen molar-refractivity contribution < 1.29 is 4.79 Å². The highest BCUT2D eigenvalue weighted by Crippen LogP contribution is 2.25. The lowest BCUT2D eigenvalue weighted by atomic mass is 10.2. The van der Waals surface area contributed by atoms with Crippen LogP contribution in [0.3, 0.4) is 0 Å². The lowest BCUT2D eigenvalue weighted by molar-refractivity contribution is 0.101. The van der Waals surface area contributed by atoms with Gasteiger partial charge in [-0.25, -0.2) is 9.83 Å². The summed E-state index contributed by atoms with van der Waals surface area (Å²) in [6, 6.07) is 16.4. The Balaban J connectivity index is 1.57. The molecule has 0 fully saturated rings. The zero-order valence-corrected chi connectivity index (χ0v) is 14.0. The number of aryl methyl sites for hydroxylation is 1. The van der Waals surface area contributed by atoms with Gasteiger partial charge in [-0.3, -0.25) is 4.79 Å². The summed E-state index contributed by atoms with van der Waals surface area (Å²) in [7, 11) is 1.83. The van der Waals surface area contributed by atoms with Gasteiger partial charge in [0.25, 0.3) is 5.91 Å². The lowest BCUT2D eigenvalue weighted by Gasteiger charge is -2.06. The molecule has 2 aromatic carbocycles. The van der Waals surface area contributed by atoms with Crippen molar-refractivity contribution in [3.05, 3.63) is 77.9 Å². The molecule has 0 spiro atoms. The number of imidazole rings is 1. The fourth-order valence-corrected chi connectivity index (χ4v) is 2.81. The van der Waals surface area contributed by atoms with Gasteiger partial charge >= 0.3 is 0 Å². The molecule has 0 saturated carbocycles. The summed E-state index contributed by atoms with van der Waals surface area (Å²) in [5.41, 5.74) is 4.44. The first-order valence-electron chi connectivity index (χ1n) is 8.04. The van der Waals surface area contributed by atoms with Crippen molar-refractivity contribution in [3.8, 4) is 11.4 Å². The lowest BCUT2D eigenvalue weighted by Crippen LogP contribution is -2.15. The van der Waals surface area contributed by atoms with Crippen LogP contribution in [-0.4, -0.2) is 20.4 Å². The average Bonchev–Trinajstić information content (AvgIpc) is 3.27. The SMILES string of the molecule is [C-]#[N+]c1ccc2nc(-c3ccc(NC(=O)c4cccn4C)cc3)[nH]c2c1. The van der Waals surface area contributed by atoms with Gasteiger partial charge in [-0.15, -0.1) is 0 Å². The van der Waals surface area contributed by atoms with Crippen LogP contribution in [0.15, 0.2) is 60.8 Å². The number of carbonyl (C=O) groups excluding carboxylic acids is 1. The zero-order chi connectivity index (χ0) is 18.1. The van der Waals surface area contributed by atoms with E-state index in [2.05, 4.69) is 20.1 Å². The molecule has 6 heteroatoms. The van der Waals surface area contributed by atoms with E-state index in [0.717, 1.165) is 22.4 Å². The molecule has 4 rings (SSSR count). The van der Waals surface area contributed by atoms with Gasteiger partial charge in [-0.05, 0) is 48.5 Å². The highest BCUT2D eigenvalue weighted by molar-refractivity contribution is 6.03. The van der Waals surface area contributed by atoms with Crippen LogP contribution in [0.1, 0.15) is 10.5 Å². The molecule has 4 aromatic rings. The van der Waals surface area contributed by atoms with E-state index in [1.807, 2.05) is 49.6 Å². The Morgan fingerprint density at radius 3 is 2.69 bits per heavy atom. The number of carbonyl (C=O) groups is 1. The average molecular weight is 341 g/mol. The number of H-pyrrole nitrogens is 1. The molecule has 2 heterocycles. The molecule has 0 radical (unpaired) electrons. The van der Waals surface area contributed by atoms with Crippen LogP contribution >= 0.6 is 0 Å². The van der Waals surface area contributed by atoms with Crippen LogP contribution in [0.2, 0.25) is 0 Å². The fourth-order valence-electron chi connectivity index (χ4n) is 2.81. The number of aromatic amines is 1. The molecule has 0 aliphatic rings. The molecule has 26 heavy (non-hydrogen) atoms. The predicted octanol–water partition coefficient (Wildman–Crippen LogP) is 4.37. The van der Waals surface area contributed by atoms with E-state index < -0.39 is 0 Å². The quantitative estimate of drug-likeness (QED) is 0.543. The number of benzene rings is 2. The van der Waals surface area contributed by atoms with E-state index in [-0.39, 0.29) is 5.91 Å². The maximum absolute atomic E-state index is 12.3. The number of nitrogens with zero attached hydrogens (tertiary/aromatic N) is 3. The van der Waals surface area contributed by atoms with Gasteiger partial charge in [0.2, 0.25) is 0 Å². The highest BCUT2D eigenvalue weighted by Gasteiger charge is 2.10. The molecule has 0 aliphatic heterocycles. The Bertz CT molecular complexity index is 1150. The maximum Gasteiger partial charge on any atom is 0.272 e. The fraction of sp³-hybridized carbons (Fsp3) is 0.0500. The molecule has 0 atom stereocenters. The summed E-state index contributed by atoms with van der Waals surface area (Å²) in [6.07, 6.45) is 1.83. The Kier molecular flexibility index (Phi) is 3.75. The number of hydrogen-bond acceptors (Lipinski definition) is 2. The topological polar surface area (TPSA) is 67.1 Å². The van der Waals surface area contributed by atoms with Gasteiger partial charge in [-0.1, -0.05) is 6.07 Å². The molecular formula is C20H15N5O. The van der Waals surface area contributed by atoms with Crippen molar-refractivity contribution in [2.45, 2.75) is 0 Å². The first-order chi connectivity index (χ1) is 12.6. The molecule has 0 aliphatic carbocycles. The van der Waals surface area contributed by atoms with E-state index in [1.165, 1.54) is 0 Å². The summed E-state index contributed by atoms with van der Waals surface area (Å²) >= 11 is 0. The van der Waals surface area contributed by atoms with E-state index in [0.29, 0.717) is 17.1 Å². The monoisotopic (exact) mass is 341 g/mol. The third-order valence-electron chi connectivity index (χ3n) is 4.19. The highest BCUT2D eigenvalue weighted by atomic mass is 16.1. The number of amides is 1. The number of nitrogens with one attached hydrogen (secondary N) is 2. The predicted molar refractivity (Wildman–Crippen MR) is 101 cm³/mol. The van der Waals surface area contributed by atoms with Crippen LogP contribution in [0.25, 0.3) is 27.3 Å². The molecule has 1 amide bonds. The number of anilines is 1. The minimum atomic E-state index is -0.152. The van der Waals surface area contributed by atoms with Crippen molar-refractivity contribution in [3.63, 3.8) is 0 Å². The molecule has 0 bridgehead atoms. The van der Waals surface area contributed by atoms with Crippen LogP contribution in [0.4, 0.5) is 11.4 Å².